The zero-order chi connectivity index (χ0) is 17.8. The van der Waals surface area contributed by atoms with Gasteiger partial charge in [-0.2, -0.15) is 0 Å². The van der Waals surface area contributed by atoms with E-state index in [1.54, 1.807) is 18.3 Å². The molecule has 1 amide bonds. The first-order valence-corrected chi connectivity index (χ1v) is 10.3. The predicted octanol–water partition coefficient (Wildman–Crippen LogP) is 1.40. The fourth-order valence-electron chi connectivity index (χ4n) is 2.34. The van der Waals surface area contributed by atoms with E-state index in [0.717, 1.165) is 0 Å². The second-order valence-corrected chi connectivity index (χ2v) is 7.83. The van der Waals surface area contributed by atoms with Gasteiger partial charge < -0.3 is 23.2 Å². The minimum absolute atomic E-state index is 0.0185. The van der Waals surface area contributed by atoms with E-state index >= 15 is 0 Å². The number of nitrogens with zero attached hydrogens (tertiary/aromatic N) is 1. The van der Waals surface area contributed by atoms with Crippen molar-refractivity contribution in [2.75, 3.05) is 26.4 Å². The average molecular weight is 356 g/mol. The lowest BCUT2D eigenvalue weighted by molar-refractivity contribution is -0.121. The number of pyridine rings is 1. The zero-order valence-electron chi connectivity index (χ0n) is 14.7. The molecule has 0 spiro atoms. The van der Waals surface area contributed by atoms with Crippen molar-refractivity contribution in [3.05, 3.63) is 34.7 Å². The Morgan fingerprint density at radius 3 is 2.29 bits per heavy atom. The highest BCUT2D eigenvalue weighted by molar-refractivity contribution is 6.60. The third-order valence-electron chi connectivity index (χ3n) is 3.29. The fraction of sp³-hybridized carbons (Fsp3) is 0.625. The van der Waals surface area contributed by atoms with E-state index < -0.39 is 8.80 Å². The summed E-state index contributed by atoms with van der Waals surface area (Å²) in [5.74, 6) is -0.195. The molecule has 0 fully saturated rings. The second-order valence-electron chi connectivity index (χ2n) is 5.10. The van der Waals surface area contributed by atoms with Crippen LogP contribution in [0.3, 0.4) is 0 Å². The highest BCUT2D eigenvalue weighted by Crippen LogP contribution is 2.17. The molecule has 1 N–H and O–H groups in total. The summed E-state index contributed by atoms with van der Waals surface area (Å²) >= 11 is 0. The van der Waals surface area contributed by atoms with Crippen LogP contribution in [0, 0.1) is 0 Å². The molecule has 1 heterocycles. The quantitative estimate of drug-likeness (QED) is 0.452. The minimum atomic E-state index is -2.66. The Bertz CT molecular complexity index is 532. The number of hydrogen-bond donors (Lipinski definition) is 1. The number of carbonyl (C=O) groups excluding carboxylic acids is 1. The van der Waals surface area contributed by atoms with Crippen LogP contribution in [0.5, 0.6) is 0 Å². The highest BCUT2D eigenvalue weighted by Gasteiger charge is 2.39. The maximum Gasteiger partial charge on any atom is 0.500 e. The number of nitrogens with one attached hydrogen (secondary N) is 1. The Morgan fingerprint density at radius 2 is 1.75 bits per heavy atom. The van der Waals surface area contributed by atoms with Gasteiger partial charge in [0.05, 0.1) is 0 Å². The van der Waals surface area contributed by atoms with E-state index in [1.807, 2.05) is 20.8 Å². The first-order chi connectivity index (χ1) is 11.6. The molecule has 0 aliphatic rings. The van der Waals surface area contributed by atoms with Crippen molar-refractivity contribution in [1.82, 2.24) is 9.88 Å². The number of carbonyl (C=O) groups is 1. The molecule has 0 aliphatic heterocycles. The fourth-order valence-corrected chi connectivity index (χ4v) is 4.95. The van der Waals surface area contributed by atoms with Crippen LogP contribution in [0.2, 0.25) is 6.04 Å². The molecule has 7 nitrogen and oxygen atoms in total. The molecule has 136 valence electrons. The number of rotatable bonds is 12. The van der Waals surface area contributed by atoms with Crippen molar-refractivity contribution in [3.63, 3.8) is 0 Å². The number of hydrogen-bond acceptors (Lipinski definition) is 5. The first-order valence-electron chi connectivity index (χ1n) is 8.41. The molecule has 0 saturated carbocycles. The lowest BCUT2D eigenvalue weighted by Crippen LogP contribution is -2.46. The van der Waals surface area contributed by atoms with Crippen molar-refractivity contribution in [2.24, 2.45) is 0 Å². The van der Waals surface area contributed by atoms with Gasteiger partial charge >= 0.3 is 8.80 Å². The molecule has 1 aromatic heterocycles. The van der Waals surface area contributed by atoms with Gasteiger partial charge in [0.15, 0.2) is 0 Å². The smallest absolute Gasteiger partial charge is 0.374 e. The molecule has 1 rings (SSSR count). The van der Waals surface area contributed by atoms with Gasteiger partial charge in [-0.1, -0.05) is 6.07 Å². The summed E-state index contributed by atoms with van der Waals surface area (Å²) in [4.78, 5) is 23.5. The molecule has 0 bridgehead atoms. The van der Waals surface area contributed by atoms with Crippen molar-refractivity contribution in [1.29, 1.82) is 0 Å². The van der Waals surface area contributed by atoms with Gasteiger partial charge in [0, 0.05) is 44.7 Å². The topological polar surface area (TPSA) is 78.8 Å². The maximum absolute atomic E-state index is 11.9. The lowest BCUT2D eigenvalue weighted by Gasteiger charge is -2.28. The van der Waals surface area contributed by atoms with E-state index in [9.17, 15) is 9.59 Å². The molecule has 8 heteroatoms. The number of amides is 1. The van der Waals surface area contributed by atoms with Crippen LogP contribution in [0.25, 0.3) is 0 Å². The normalized spacial score (nSPS) is 11.5. The van der Waals surface area contributed by atoms with Gasteiger partial charge in [0.25, 0.3) is 5.56 Å². The Morgan fingerprint density at radius 1 is 1.12 bits per heavy atom. The molecular formula is C16H28N2O5Si. The van der Waals surface area contributed by atoms with Crippen molar-refractivity contribution in [3.8, 4) is 0 Å². The highest BCUT2D eigenvalue weighted by atomic mass is 28.4. The minimum Gasteiger partial charge on any atom is -0.374 e. The Balaban J connectivity index is 2.43. The summed E-state index contributed by atoms with van der Waals surface area (Å²) in [5, 5.41) is 2.81. The van der Waals surface area contributed by atoms with E-state index in [4.69, 9.17) is 13.3 Å². The maximum atomic E-state index is 11.9. The van der Waals surface area contributed by atoms with Gasteiger partial charge in [-0.15, -0.1) is 0 Å². The monoisotopic (exact) mass is 356 g/mol. The SMILES string of the molecule is CCO[Si](CCCNC(=O)Cn1ccccc1=O)(OCC)OCC. The zero-order valence-corrected chi connectivity index (χ0v) is 15.7. The molecular weight excluding hydrogens is 328 g/mol. The second kappa shape index (κ2) is 11.1. The standard InChI is InChI=1S/C16H28N2O5Si/c1-4-21-24(22-5-2,23-6-3)13-9-11-17-15(19)14-18-12-8-7-10-16(18)20/h7-8,10,12H,4-6,9,11,13-14H2,1-3H3,(H,17,19). The summed E-state index contributed by atoms with van der Waals surface area (Å²) in [6, 6.07) is 5.45. The molecule has 0 aromatic carbocycles. The average Bonchev–Trinajstić information content (AvgIpc) is 2.55. The van der Waals surface area contributed by atoms with Crippen LogP contribution >= 0.6 is 0 Å². The molecule has 0 atom stereocenters. The molecule has 0 unspecified atom stereocenters. The van der Waals surface area contributed by atoms with Crippen molar-refractivity contribution in [2.45, 2.75) is 39.8 Å². The van der Waals surface area contributed by atoms with Crippen LogP contribution in [0.15, 0.2) is 29.2 Å². The van der Waals surface area contributed by atoms with Crippen LogP contribution in [0.4, 0.5) is 0 Å². The van der Waals surface area contributed by atoms with Gasteiger partial charge in [-0.25, -0.2) is 0 Å². The van der Waals surface area contributed by atoms with Crippen molar-refractivity contribution < 1.29 is 18.1 Å². The molecule has 0 radical (unpaired) electrons. The van der Waals surface area contributed by atoms with Crippen molar-refractivity contribution >= 4 is 14.7 Å². The van der Waals surface area contributed by atoms with Gasteiger partial charge in [0.2, 0.25) is 5.91 Å². The molecule has 0 saturated heterocycles. The van der Waals surface area contributed by atoms with Crippen LogP contribution in [-0.4, -0.2) is 45.6 Å². The Kier molecular flexibility index (Phi) is 9.54. The lowest BCUT2D eigenvalue weighted by atomic mass is 10.4. The summed E-state index contributed by atoms with van der Waals surface area (Å²) in [5.41, 5.74) is -0.192. The van der Waals surface area contributed by atoms with E-state index in [0.29, 0.717) is 38.8 Å². The Labute approximate surface area is 144 Å². The van der Waals surface area contributed by atoms with E-state index in [2.05, 4.69) is 5.32 Å². The van der Waals surface area contributed by atoms with E-state index in [-0.39, 0.29) is 18.0 Å². The van der Waals surface area contributed by atoms with E-state index in [1.165, 1.54) is 10.6 Å². The van der Waals surface area contributed by atoms with Crippen LogP contribution in [-0.2, 0) is 24.6 Å². The molecule has 24 heavy (non-hydrogen) atoms. The first kappa shape index (κ1) is 20.6. The molecule has 0 aliphatic carbocycles. The summed E-state index contributed by atoms with van der Waals surface area (Å²) in [6.45, 7) is 7.87. The largest absolute Gasteiger partial charge is 0.500 e. The number of aromatic nitrogens is 1. The molecule has 1 aromatic rings. The van der Waals surface area contributed by atoms with Gasteiger partial charge in [-0.05, 0) is 33.3 Å². The third kappa shape index (κ3) is 6.96. The van der Waals surface area contributed by atoms with Crippen LogP contribution in [0.1, 0.15) is 27.2 Å². The Hall–Kier alpha value is -1.48. The van der Waals surface area contributed by atoms with Gasteiger partial charge in [0.1, 0.15) is 6.54 Å². The summed E-state index contributed by atoms with van der Waals surface area (Å²) in [7, 11) is -2.66. The summed E-state index contributed by atoms with van der Waals surface area (Å²) < 4.78 is 18.7. The van der Waals surface area contributed by atoms with Gasteiger partial charge in [-0.3, -0.25) is 9.59 Å². The predicted molar refractivity (Wildman–Crippen MR) is 93.8 cm³/mol. The summed E-state index contributed by atoms with van der Waals surface area (Å²) in [6.07, 6.45) is 2.29. The third-order valence-corrected chi connectivity index (χ3v) is 6.44. The van der Waals surface area contributed by atoms with Crippen LogP contribution < -0.4 is 10.9 Å².